The summed E-state index contributed by atoms with van der Waals surface area (Å²) in [6, 6.07) is 8.11. The predicted molar refractivity (Wildman–Crippen MR) is 100 cm³/mol. The van der Waals surface area contributed by atoms with Crippen LogP contribution in [0.4, 0.5) is 4.79 Å². The van der Waals surface area contributed by atoms with Crippen molar-refractivity contribution in [3.8, 4) is 0 Å². The smallest absolute Gasteiger partial charge is 0.408 e. The van der Waals surface area contributed by atoms with Crippen molar-refractivity contribution in [1.82, 2.24) is 5.32 Å². The van der Waals surface area contributed by atoms with Crippen LogP contribution in [0.25, 0.3) is 0 Å². The lowest BCUT2D eigenvalue weighted by atomic mass is 10.1. The van der Waals surface area contributed by atoms with Gasteiger partial charge in [0.25, 0.3) is 0 Å². The zero-order valence-corrected chi connectivity index (χ0v) is 16.2. The van der Waals surface area contributed by atoms with E-state index in [-0.39, 0.29) is 19.0 Å². The zero-order valence-electron chi connectivity index (χ0n) is 16.2. The van der Waals surface area contributed by atoms with Gasteiger partial charge in [0.15, 0.2) is 0 Å². The van der Waals surface area contributed by atoms with Crippen molar-refractivity contribution < 1.29 is 29.0 Å². The van der Waals surface area contributed by atoms with Gasteiger partial charge in [-0.15, -0.1) is 0 Å². The summed E-state index contributed by atoms with van der Waals surface area (Å²) in [6.07, 6.45) is 1.65. The molecule has 1 aromatic rings. The van der Waals surface area contributed by atoms with E-state index in [9.17, 15) is 19.5 Å². The number of benzene rings is 1. The number of hydrogen-bond acceptors (Lipinski definition) is 5. The van der Waals surface area contributed by atoms with Crippen LogP contribution in [0.5, 0.6) is 0 Å². The molecule has 150 valence electrons. The minimum absolute atomic E-state index is 0.0783. The van der Waals surface area contributed by atoms with E-state index in [1.54, 1.807) is 0 Å². The molecular weight excluding hydrogens is 350 g/mol. The molecule has 0 fully saturated rings. The second-order valence-corrected chi connectivity index (χ2v) is 7.28. The number of carbonyl (C=O) groups excluding carboxylic acids is 2. The number of rotatable bonds is 10. The van der Waals surface area contributed by atoms with Crippen molar-refractivity contribution in [2.24, 2.45) is 0 Å². The van der Waals surface area contributed by atoms with Gasteiger partial charge in [-0.3, -0.25) is 4.79 Å². The first-order valence-corrected chi connectivity index (χ1v) is 9.09. The highest BCUT2D eigenvalue weighted by Crippen LogP contribution is 2.12. The van der Waals surface area contributed by atoms with Crippen molar-refractivity contribution in [3.05, 3.63) is 35.9 Å². The van der Waals surface area contributed by atoms with Crippen LogP contribution < -0.4 is 5.32 Å². The van der Waals surface area contributed by atoms with Crippen LogP contribution in [-0.2, 0) is 25.7 Å². The second-order valence-electron chi connectivity index (χ2n) is 7.28. The van der Waals surface area contributed by atoms with Gasteiger partial charge in [-0.2, -0.15) is 0 Å². The summed E-state index contributed by atoms with van der Waals surface area (Å²) in [5.74, 6) is -1.38. The number of amides is 1. The molecule has 0 bridgehead atoms. The molecule has 0 saturated heterocycles. The Kier molecular flexibility index (Phi) is 9.33. The van der Waals surface area contributed by atoms with E-state index in [1.807, 2.05) is 51.1 Å². The second kappa shape index (κ2) is 11.2. The number of unbranched alkanes of at least 4 members (excludes halogenated alkanes) is 2. The number of carbonyl (C=O) groups is 3. The fourth-order valence-corrected chi connectivity index (χ4v) is 2.35. The molecule has 0 saturated carbocycles. The quantitative estimate of drug-likeness (QED) is 0.475. The summed E-state index contributed by atoms with van der Waals surface area (Å²) in [7, 11) is 0. The highest BCUT2D eigenvalue weighted by atomic mass is 16.6. The molecule has 7 nitrogen and oxygen atoms in total. The lowest BCUT2D eigenvalue weighted by molar-refractivity contribution is -0.155. The Morgan fingerprint density at radius 3 is 2.33 bits per heavy atom. The minimum Gasteiger partial charge on any atom is -0.480 e. The van der Waals surface area contributed by atoms with Gasteiger partial charge in [0, 0.05) is 6.42 Å². The molecule has 0 radical (unpaired) electrons. The van der Waals surface area contributed by atoms with Crippen LogP contribution in [0.15, 0.2) is 30.3 Å². The van der Waals surface area contributed by atoms with Crippen LogP contribution in [0, 0.1) is 0 Å². The van der Waals surface area contributed by atoms with Gasteiger partial charge in [-0.05, 0) is 39.2 Å². The Labute approximate surface area is 160 Å². The van der Waals surface area contributed by atoms with Crippen LogP contribution in [0.3, 0.4) is 0 Å². The highest BCUT2D eigenvalue weighted by molar-refractivity contribution is 5.79. The van der Waals surface area contributed by atoms with Crippen LogP contribution in [0.2, 0.25) is 0 Å². The fourth-order valence-electron chi connectivity index (χ4n) is 2.35. The molecule has 1 atom stereocenters. The Balaban J connectivity index is 2.26. The first-order valence-electron chi connectivity index (χ1n) is 9.09. The standard InChI is InChI=1S/C20H29NO6/c1-20(2,3)27-17(22)13-9-5-8-12-16(18(23)24)21-19(25)26-14-15-10-6-4-7-11-15/h4,6-7,10-11,16H,5,8-9,12-14H2,1-3H3,(H,21,25)(H,23,24). The molecule has 0 aliphatic heterocycles. The third-order valence-corrected chi connectivity index (χ3v) is 3.60. The van der Waals surface area contributed by atoms with Gasteiger partial charge < -0.3 is 19.9 Å². The van der Waals surface area contributed by atoms with E-state index in [0.717, 1.165) is 5.56 Å². The molecule has 1 unspecified atom stereocenters. The van der Waals surface area contributed by atoms with Crippen LogP contribution in [-0.4, -0.2) is 34.8 Å². The maximum atomic E-state index is 11.8. The van der Waals surface area contributed by atoms with Gasteiger partial charge in [-0.25, -0.2) is 9.59 Å². The van der Waals surface area contributed by atoms with E-state index >= 15 is 0 Å². The number of hydrogen-bond donors (Lipinski definition) is 2. The molecule has 1 aromatic carbocycles. The molecule has 2 N–H and O–H groups in total. The van der Waals surface area contributed by atoms with Gasteiger partial charge in [0.2, 0.25) is 0 Å². The van der Waals surface area contributed by atoms with E-state index in [2.05, 4.69) is 5.32 Å². The third-order valence-electron chi connectivity index (χ3n) is 3.60. The van der Waals surface area contributed by atoms with Crippen LogP contribution in [0.1, 0.15) is 58.4 Å². The molecule has 0 spiro atoms. The SMILES string of the molecule is CC(C)(C)OC(=O)CCCCCC(NC(=O)OCc1ccccc1)C(=O)O. The number of carboxylic acid groups (broad SMARTS) is 1. The van der Waals surface area contributed by atoms with E-state index in [1.165, 1.54) is 0 Å². The van der Waals surface area contributed by atoms with E-state index in [4.69, 9.17) is 9.47 Å². The van der Waals surface area contributed by atoms with Crippen molar-refractivity contribution in [2.45, 2.75) is 71.1 Å². The van der Waals surface area contributed by atoms with Gasteiger partial charge in [-0.1, -0.05) is 43.2 Å². The maximum Gasteiger partial charge on any atom is 0.408 e. The molecule has 7 heteroatoms. The summed E-state index contributed by atoms with van der Waals surface area (Å²) < 4.78 is 10.3. The minimum atomic E-state index is -1.11. The van der Waals surface area contributed by atoms with Crippen molar-refractivity contribution in [2.75, 3.05) is 0 Å². The fraction of sp³-hybridized carbons (Fsp3) is 0.550. The van der Waals surface area contributed by atoms with Gasteiger partial charge >= 0.3 is 18.0 Å². The largest absolute Gasteiger partial charge is 0.480 e. The summed E-state index contributed by atoms with van der Waals surface area (Å²) in [5.41, 5.74) is 0.317. The number of esters is 1. The average Bonchev–Trinajstić information content (AvgIpc) is 2.57. The Bertz CT molecular complexity index is 609. The highest BCUT2D eigenvalue weighted by Gasteiger charge is 2.20. The predicted octanol–water partition coefficient (Wildman–Crippen LogP) is 3.66. The van der Waals surface area contributed by atoms with Crippen LogP contribution >= 0.6 is 0 Å². The summed E-state index contributed by atoms with van der Waals surface area (Å²) in [4.78, 5) is 34.7. The number of aliphatic carboxylic acids is 1. The van der Waals surface area contributed by atoms with Gasteiger partial charge in [0.05, 0.1) is 0 Å². The summed E-state index contributed by atoms with van der Waals surface area (Å²) >= 11 is 0. The lowest BCUT2D eigenvalue weighted by Crippen LogP contribution is -2.41. The van der Waals surface area contributed by atoms with Crippen molar-refractivity contribution in [1.29, 1.82) is 0 Å². The van der Waals surface area contributed by atoms with Crippen molar-refractivity contribution in [3.63, 3.8) is 0 Å². The molecule has 1 amide bonds. The normalized spacial score (nSPS) is 12.1. The molecule has 0 aliphatic carbocycles. The Morgan fingerprint density at radius 2 is 1.74 bits per heavy atom. The number of ether oxygens (including phenoxy) is 2. The monoisotopic (exact) mass is 379 g/mol. The molecule has 27 heavy (non-hydrogen) atoms. The molecular formula is C20H29NO6. The first kappa shape index (κ1) is 22.5. The molecule has 1 rings (SSSR count). The first-order chi connectivity index (χ1) is 12.7. The number of alkyl carbamates (subject to hydrolysis) is 1. The van der Waals surface area contributed by atoms with E-state index in [0.29, 0.717) is 25.7 Å². The topological polar surface area (TPSA) is 102 Å². The molecule has 0 heterocycles. The summed E-state index contributed by atoms with van der Waals surface area (Å²) in [5, 5.41) is 11.6. The molecule has 0 aliphatic rings. The van der Waals surface area contributed by atoms with Crippen molar-refractivity contribution >= 4 is 18.0 Å². The molecule has 0 aromatic heterocycles. The summed E-state index contributed by atoms with van der Waals surface area (Å²) in [6.45, 7) is 5.51. The third kappa shape index (κ3) is 10.9. The Morgan fingerprint density at radius 1 is 1.07 bits per heavy atom. The lowest BCUT2D eigenvalue weighted by Gasteiger charge is -2.19. The average molecular weight is 379 g/mol. The van der Waals surface area contributed by atoms with E-state index < -0.39 is 23.7 Å². The number of nitrogens with one attached hydrogen (secondary N) is 1. The maximum absolute atomic E-state index is 11.8. The van der Waals surface area contributed by atoms with Gasteiger partial charge in [0.1, 0.15) is 18.2 Å². The number of carboxylic acids is 1. The zero-order chi connectivity index (χ0) is 20.3. The Hall–Kier alpha value is -2.57.